The Morgan fingerprint density at radius 3 is 2.39 bits per heavy atom. The molecule has 1 aliphatic heterocycles. The van der Waals surface area contributed by atoms with Gasteiger partial charge in [0.1, 0.15) is 0 Å². The van der Waals surface area contributed by atoms with E-state index in [9.17, 15) is 13.2 Å². The Morgan fingerprint density at radius 2 is 1.73 bits per heavy atom. The Morgan fingerprint density at radius 1 is 1.06 bits per heavy atom. The summed E-state index contributed by atoms with van der Waals surface area (Å²) in [4.78, 5) is 13.8. The third-order valence-corrected chi connectivity index (χ3v) is 8.23. The van der Waals surface area contributed by atoms with Crippen LogP contribution in [0.15, 0.2) is 68.8 Å². The lowest BCUT2D eigenvalue weighted by molar-refractivity contribution is 0.102. The van der Waals surface area contributed by atoms with Crippen LogP contribution in [0, 0.1) is 11.8 Å². The number of amides is 1. The molecule has 3 aromatic rings. The molecular weight excluding hydrogens is 460 g/mol. The van der Waals surface area contributed by atoms with Crippen LogP contribution < -0.4 is 5.32 Å². The molecule has 1 N–H and O–H groups in total. The molecule has 2 aromatic carbocycles. The van der Waals surface area contributed by atoms with E-state index in [2.05, 4.69) is 29.4 Å². The number of hydrogen-bond donors (Lipinski definition) is 1. The maximum Gasteiger partial charge on any atom is 0.322 e. The fourth-order valence-corrected chi connectivity index (χ4v) is 6.36. The van der Waals surface area contributed by atoms with Gasteiger partial charge in [-0.05, 0) is 54.7 Å². The normalized spacial score (nSPS) is 19.3. The van der Waals surface area contributed by atoms with Crippen molar-refractivity contribution in [3.8, 4) is 0 Å². The first kappa shape index (κ1) is 23.5. The van der Waals surface area contributed by atoms with Crippen molar-refractivity contribution in [3.63, 3.8) is 0 Å². The molecule has 10 heteroatoms. The van der Waals surface area contributed by atoms with Gasteiger partial charge in [0.25, 0.3) is 5.91 Å². The number of anilines is 1. The average molecular weight is 487 g/mol. The van der Waals surface area contributed by atoms with Crippen LogP contribution in [0.3, 0.4) is 0 Å². The van der Waals surface area contributed by atoms with Crippen molar-refractivity contribution in [1.82, 2.24) is 14.5 Å². The number of aromatic nitrogens is 2. The summed E-state index contributed by atoms with van der Waals surface area (Å²) < 4.78 is 33.0. The van der Waals surface area contributed by atoms with E-state index in [1.165, 1.54) is 28.6 Å². The van der Waals surface area contributed by atoms with Crippen molar-refractivity contribution in [2.45, 2.75) is 35.8 Å². The highest BCUT2D eigenvalue weighted by Crippen LogP contribution is 2.27. The van der Waals surface area contributed by atoms with Crippen LogP contribution in [0.2, 0.25) is 0 Å². The summed E-state index contributed by atoms with van der Waals surface area (Å²) in [5.41, 5.74) is 0.299. The lowest BCUT2D eigenvalue weighted by atomic mass is 9.94. The van der Waals surface area contributed by atoms with Crippen molar-refractivity contribution >= 4 is 33.7 Å². The molecule has 0 spiro atoms. The second kappa shape index (κ2) is 10.1. The zero-order valence-corrected chi connectivity index (χ0v) is 20.1. The van der Waals surface area contributed by atoms with Gasteiger partial charge in [0, 0.05) is 23.5 Å². The second-order valence-corrected chi connectivity index (χ2v) is 11.3. The fraction of sp³-hybridized carbons (Fsp3) is 0.348. The number of hydrogen-bond acceptors (Lipinski definition) is 7. The van der Waals surface area contributed by atoms with Gasteiger partial charge in [-0.1, -0.05) is 37.1 Å². The molecule has 174 valence electrons. The largest absolute Gasteiger partial charge is 0.407 e. The molecule has 2 unspecified atom stereocenters. The molecule has 1 amide bonds. The summed E-state index contributed by atoms with van der Waals surface area (Å²) in [6.07, 6.45) is 1.02. The Bertz CT molecular complexity index is 1190. The van der Waals surface area contributed by atoms with E-state index in [1.54, 1.807) is 11.8 Å². The highest BCUT2D eigenvalue weighted by Gasteiger charge is 2.31. The number of thioether (sulfide) groups is 1. The Hall–Kier alpha value is -2.69. The van der Waals surface area contributed by atoms with E-state index >= 15 is 0 Å². The van der Waals surface area contributed by atoms with Gasteiger partial charge in [-0.15, -0.1) is 16.9 Å². The third kappa shape index (κ3) is 5.82. The van der Waals surface area contributed by atoms with Gasteiger partial charge in [-0.3, -0.25) is 10.1 Å². The highest BCUT2D eigenvalue weighted by atomic mass is 32.2. The van der Waals surface area contributed by atoms with Crippen molar-refractivity contribution in [3.05, 3.63) is 66.1 Å². The Kier molecular flexibility index (Phi) is 7.16. The molecule has 2 heterocycles. The first-order valence-electron chi connectivity index (χ1n) is 10.7. The minimum absolute atomic E-state index is 0.00310. The van der Waals surface area contributed by atoms with E-state index in [1.807, 2.05) is 30.3 Å². The number of piperidine rings is 1. The van der Waals surface area contributed by atoms with Crippen LogP contribution in [0.1, 0.15) is 36.5 Å². The standard InChI is InChI=1S/C23H26N4O4S2/c1-16-12-17(2)14-27(13-16)33(29,30)20-10-8-18(9-11-20)22(28)24-23-26-25-21(31-23)15-32-19-6-4-3-5-7-19/h3-11,16-17H,12-15H2,1-2H3,(H,24,26,28). The number of carbonyl (C=O) groups excluding carboxylic acids is 1. The van der Waals surface area contributed by atoms with E-state index in [4.69, 9.17) is 4.42 Å². The molecular formula is C23H26N4O4S2. The average Bonchev–Trinajstić information content (AvgIpc) is 3.25. The number of benzene rings is 2. The summed E-state index contributed by atoms with van der Waals surface area (Å²) in [7, 11) is -3.60. The molecule has 2 atom stereocenters. The molecule has 1 aliphatic rings. The molecule has 33 heavy (non-hydrogen) atoms. The molecule has 8 nitrogen and oxygen atoms in total. The number of rotatable bonds is 7. The van der Waals surface area contributed by atoms with Gasteiger partial charge in [-0.25, -0.2) is 8.42 Å². The van der Waals surface area contributed by atoms with E-state index < -0.39 is 15.9 Å². The van der Waals surface area contributed by atoms with Gasteiger partial charge in [0.15, 0.2) is 0 Å². The zero-order chi connectivity index (χ0) is 23.4. The van der Waals surface area contributed by atoms with Crippen LogP contribution in [0.25, 0.3) is 0 Å². The summed E-state index contributed by atoms with van der Waals surface area (Å²) in [6.45, 7) is 5.15. The number of nitrogens with zero attached hydrogens (tertiary/aromatic N) is 3. The first-order valence-corrected chi connectivity index (χ1v) is 13.2. The minimum atomic E-state index is -3.60. The monoisotopic (exact) mass is 486 g/mol. The predicted octanol–water partition coefficient (Wildman–Crippen LogP) is 4.28. The Labute approximate surface area is 197 Å². The van der Waals surface area contributed by atoms with Gasteiger partial charge in [0.05, 0.1) is 10.6 Å². The SMILES string of the molecule is CC1CC(C)CN(S(=O)(=O)c2ccc(C(=O)Nc3nnc(CSc4ccccc4)o3)cc2)C1. The smallest absolute Gasteiger partial charge is 0.322 e. The van der Waals surface area contributed by atoms with Crippen LogP contribution in [-0.2, 0) is 15.8 Å². The summed E-state index contributed by atoms with van der Waals surface area (Å²) >= 11 is 1.55. The molecule has 0 aliphatic carbocycles. The summed E-state index contributed by atoms with van der Waals surface area (Å²) in [5.74, 6) is 1.06. The lowest BCUT2D eigenvalue weighted by Gasteiger charge is -2.34. The molecule has 1 fully saturated rings. The number of carbonyl (C=O) groups is 1. The van der Waals surface area contributed by atoms with Gasteiger partial charge in [-0.2, -0.15) is 4.31 Å². The van der Waals surface area contributed by atoms with Gasteiger partial charge in [0.2, 0.25) is 15.9 Å². The first-order chi connectivity index (χ1) is 15.8. The summed E-state index contributed by atoms with van der Waals surface area (Å²) in [6, 6.07) is 15.7. The maximum atomic E-state index is 13.0. The van der Waals surface area contributed by atoms with Crippen LogP contribution in [-0.4, -0.2) is 41.9 Å². The van der Waals surface area contributed by atoms with E-state index in [-0.39, 0.29) is 10.9 Å². The topological polar surface area (TPSA) is 105 Å². The predicted molar refractivity (Wildman–Crippen MR) is 126 cm³/mol. The van der Waals surface area contributed by atoms with Crippen molar-refractivity contribution in [2.24, 2.45) is 11.8 Å². The van der Waals surface area contributed by atoms with E-state index in [0.717, 1.165) is 11.3 Å². The van der Waals surface area contributed by atoms with Crippen molar-refractivity contribution in [2.75, 3.05) is 18.4 Å². The number of sulfonamides is 1. The van der Waals surface area contributed by atoms with Crippen LogP contribution in [0.4, 0.5) is 6.01 Å². The fourth-order valence-electron chi connectivity index (χ4n) is 3.92. The van der Waals surface area contributed by atoms with Crippen molar-refractivity contribution < 1.29 is 17.6 Å². The molecule has 1 saturated heterocycles. The Balaban J connectivity index is 1.37. The van der Waals surface area contributed by atoms with Gasteiger partial charge >= 0.3 is 6.01 Å². The molecule has 4 rings (SSSR count). The van der Waals surface area contributed by atoms with Crippen LogP contribution in [0.5, 0.6) is 0 Å². The zero-order valence-electron chi connectivity index (χ0n) is 18.5. The quantitative estimate of drug-likeness (QED) is 0.497. The molecule has 0 saturated carbocycles. The van der Waals surface area contributed by atoms with Crippen molar-refractivity contribution in [1.29, 1.82) is 0 Å². The molecule has 0 bridgehead atoms. The maximum absolute atomic E-state index is 13.0. The summed E-state index contributed by atoms with van der Waals surface area (Å²) in [5, 5.41) is 10.4. The van der Waals surface area contributed by atoms with Crippen LogP contribution >= 0.6 is 11.8 Å². The molecule has 0 radical (unpaired) electrons. The van der Waals surface area contributed by atoms with E-state index in [0.29, 0.717) is 42.1 Å². The number of nitrogens with one attached hydrogen (secondary N) is 1. The van der Waals surface area contributed by atoms with Gasteiger partial charge < -0.3 is 4.42 Å². The minimum Gasteiger partial charge on any atom is -0.407 e. The molecule has 1 aromatic heterocycles. The second-order valence-electron chi connectivity index (χ2n) is 8.35. The lowest BCUT2D eigenvalue weighted by Crippen LogP contribution is -2.42. The third-order valence-electron chi connectivity index (χ3n) is 5.38. The highest BCUT2D eigenvalue weighted by molar-refractivity contribution is 7.98.